The fourth-order valence-electron chi connectivity index (χ4n) is 3.50. The van der Waals surface area contributed by atoms with E-state index in [1.165, 1.54) is 0 Å². The molecule has 10 heteroatoms. The summed E-state index contributed by atoms with van der Waals surface area (Å²) in [7, 11) is 0. The number of hydrogen-bond acceptors (Lipinski definition) is 6. The molecule has 0 saturated carbocycles. The number of alkyl carbamates (subject to hydrolysis) is 2. The molecule has 10 nitrogen and oxygen atoms in total. The van der Waals surface area contributed by atoms with Crippen molar-refractivity contribution >= 4 is 24.0 Å². The Kier molecular flexibility index (Phi) is 12.1. The van der Waals surface area contributed by atoms with Crippen LogP contribution in [-0.2, 0) is 32.1 Å². The quantitative estimate of drug-likeness (QED) is 0.295. The van der Waals surface area contributed by atoms with E-state index in [4.69, 9.17) is 15.2 Å². The van der Waals surface area contributed by atoms with Gasteiger partial charge in [-0.05, 0) is 51.2 Å². The topological polar surface area (TPSA) is 149 Å². The molecular weight excluding hydrogens is 488 g/mol. The molecule has 2 unspecified atom stereocenters. The molecule has 38 heavy (non-hydrogen) atoms. The van der Waals surface area contributed by atoms with Gasteiger partial charge in [-0.3, -0.25) is 9.59 Å². The zero-order chi connectivity index (χ0) is 28.0. The summed E-state index contributed by atoms with van der Waals surface area (Å²) in [6.07, 6.45) is 0.252. The average molecular weight is 527 g/mol. The third kappa shape index (κ3) is 12.2. The van der Waals surface area contributed by atoms with Gasteiger partial charge in [-0.15, -0.1) is 0 Å². The SMILES string of the molecule is CC(C)(C)OC(=O)NCCCCC(NC(=O)C(Cc1ccccc1)NC(=O)OCc1ccccc1)C(N)=O. The number of nitrogens with one attached hydrogen (secondary N) is 3. The van der Waals surface area contributed by atoms with Crippen LogP contribution in [0, 0.1) is 0 Å². The fraction of sp³-hybridized carbons (Fsp3) is 0.429. The lowest BCUT2D eigenvalue weighted by Gasteiger charge is -2.22. The average Bonchev–Trinajstić information content (AvgIpc) is 2.86. The summed E-state index contributed by atoms with van der Waals surface area (Å²) in [5.41, 5.74) is 6.56. The Morgan fingerprint density at radius 1 is 0.816 bits per heavy atom. The van der Waals surface area contributed by atoms with Crippen LogP contribution in [0.3, 0.4) is 0 Å². The van der Waals surface area contributed by atoms with Crippen molar-refractivity contribution in [2.75, 3.05) is 6.54 Å². The third-order valence-electron chi connectivity index (χ3n) is 5.35. The van der Waals surface area contributed by atoms with E-state index in [1.54, 1.807) is 20.8 Å². The second kappa shape index (κ2) is 15.2. The molecule has 2 aromatic carbocycles. The van der Waals surface area contributed by atoms with Crippen LogP contribution >= 0.6 is 0 Å². The number of carbonyl (C=O) groups is 4. The molecule has 0 saturated heterocycles. The molecule has 0 radical (unpaired) electrons. The van der Waals surface area contributed by atoms with E-state index in [1.807, 2.05) is 60.7 Å². The number of rotatable bonds is 13. The normalized spacial score (nSPS) is 12.5. The van der Waals surface area contributed by atoms with E-state index < -0.39 is 41.7 Å². The molecule has 0 bridgehead atoms. The van der Waals surface area contributed by atoms with Crippen molar-refractivity contribution in [1.82, 2.24) is 16.0 Å². The minimum absolute atomic E-state index is 0.0492. The van der Waals surface area contributed by atoms with Crippen molar-refractivity contribution in [2.45, 2.75) is 70.7 Å². The van der Waals surface area contributed by atoms with Gasteiger partial charge in [-0.1, -0.05) is 60.7 Å². The lowest BCUT2D eigenvalue weighted by Crippen LogP contribution is -2.53. The molecule has 2 atom stereocenters. The Morgan fingerprint density at radius 2 is 1.42 bits per heavy atom. The third-order valence-corrected chi connectivity index (χ3v) is 5.35. The van der Waals surface area contributed by atoms with Crippen LogP contribution in [0.5, 0.6) is 0 Å². The standard InChI is InChI=1S/C28H38N4O6/c1-28(2,3)38-26(35)30-17-11-10-16-22(24(29)33)31-25(34)23(18-20-12-6-4-7-13-20)32-27(36)37-19-21-14-8-5-9-15-21/h4-9,12-15,22-23H,10-11,16-19H2,1-3H3,(H2,29,33)(H,30,35)(H,31,34)(H,32,36). The first kappa shape index (κ1) is 30.1. The van der Waals surface area contributed by atoms with Crippen LogP contribution < -0.4 is 21.7 Å². The molecule has 0 aliphatic rings. The predicted molar refractivity (Wildman–Crippen MR) is 143 cm³/mol. The Morgan fingerprint density at radius 3 is 2.00 bits per heavy atom. The Bertz CT molecular complexity index is 1040. The maximum atomic E-state index is 13.1. The van der Waals surface area contributed by atoms with E-state index in [2.05, 4.69) is 16.0 Å². The summed E-state index contributed by atoms with van der Waals surface area (Å²) in [6, 6.07) is 16.4. The van der Waals surface area contributed by atoms with Crippen molar-refractivity contribution in [3.05, 3.63) is 71.8 Å². The molecule has 0 aliphatic carbocycles. The van der Waals surface area contributed by atoms with Gasteiger partial charge in [0.15, 0.2) is 0 Å². The van der Waals surface area contributed by atoms with Gasteiger partial charge < -0.3 is 31.2 Å². The lowest BCUT2D eigenvalue weighted by atomic mass is 10.0. The second-order valence-corrected chi connectivity index (χ2v) is 9.84. The van der Waals surface area contributed by atoms with E-state index in [-0.39, 0.29) is 19.4 Å². The predicted octanol–water partition coefficient (Wildman–Crippen LogP) is 3.19. The number of benzene rings is 2. The molecule has 0 heterocycles. The monoisotopic (exact) mass is 526 g/mol. The van der Waals surface area contributed by atoms with Gasteiger partial charge >= 0.3 is 12.2 Å². The van der Waals surface area contributed by atoms with Crippen LogP contribution in [0.15, 0.2) is 60.7 Å². The lowest BCUT2D eigenvalue weighted by molar-refractivity contribution is -0.128. The Hall–Kier alpha value is -4.08. The number of carbonyl (C=O) groups excluding carboxylic acids is 4. The zero-order valence-corrected chi connectivity index (χ0v) is 22.2. The first-order valence-electron chi connectivity index (χ1n) is 12.6. The summed E-state index contributed by atoms with van der Waals surface area (Å²) in [5.74, 6) is -1.25. The van der Waals surface area contributed by atoms with Crippen LogP contribution in [0.25, 0.3) is 0 Å². The Balaban J connectivity index is 1.92. The highest BCUT2D eigenvalue weighted by atomic mass is 16.6. The highest BCUT2D eigenvalue weighted by Gasteiger charge is 2.26. The molecule has 5 N–H and O–H groups in total. The van der Waals surface area contributed by atoms with Crippen molar-refractivity contribution in [3.63, 3.8) is 0 Å². The molecule has 0 aromatic heterocycles. The first-order valence-corrected chi connectivity index (χ1v) is 12.6. The number of hydrogen-bond donors (Lipinski definition) is 4. The maximum absolute atomic E-state index is 13.1. The van der Waals surface area contributed by atoms with Gasteiger partial charge in [0.1, 0.15) is 24.3 Å². The molecule has 2 aromatic rings. The minimum Gasteiger partial charge on any atom is -0.445 e. The second-order valence-electron chi connectivity index (χ2n) is 9.84. The molecule has 0 aliphatic heterocycles. The van der Waals surface area contributed by atoms with Gasteiger partial charge in [0, 0.05) is 13.0 Å². The number of ether oxygens (including phenoxy) is 2. The van der Waals surface area contributed by atoms with E-state index >= 15 is 0 Å². The van der Waals surface area contributed by atoms with Crippen LogP contribution in [0.1, 0.15) is 51.2 Å². The van der Waals surface area contributed by atoms with Crippen LogP contribution in [0.4, 0.5) is 9.59 Å². The summed E-state index contributed by atoms with van der Waals surface area (Å²) < 4.78 is 10.5. The van der Waals surface area contributed by atoms with Crippen LogP contribution in [-0.4, -0.2) is 48.2 Å². The highest BCUT2D eigenvalue weighted by Crippen LogP contribution is 2.08. The molecule has 0 fully saturated rings. The number of unbranched alkanes of at least 4 members (excludes halogenated alkanes) is 1. The Labute approximate surface area is 223 Å². The molecule has 2 rings (SSSR count). The molecule has 0 spiro atoms. The summed E-state index contributed by atoms with van der Waals surface area (Å²) in [6.45, 7) is 5.72. The molecular formula is C28H38N4O6. The minimum atomic E-state index is -0.989. The van der Waals surface area contributed by atoms with Gasteiger partial charge in [0.05, 0.1) is 0 Å². The smallest absolute Gasteiger partial charge is 0.408 e. The van der Waals surface area contributed by atoms with Gasteiger partial charge in [0.25, 0.3) is 0 Å². The van der Waals surface area contributed by atoms with E-state index in [0.717, 1.165) is 11.1 Å². The largest absolute Gasteiger partial charge is 0.445 e. The number of nitrogens with two attached hydrogens (primary N) is 1. The van der Waals surface area contributed by atoms with Crippen LogP contribution in [0.2, 0.25) is 0 Å². The van der Waals surface area contributed by atoms with Crippen molar-refractivity contribution < 1.29 is 28.7 Å². The molecule has 206 valence electrons. The van der Waals surface area contributed by atoms with E-state index in [0.29, 0.717) is 19.4 Å². The van der Waals surface area contributed by atoms with Gasteiger partial charge in [-0.25, -0.2) is 9.59 Å². The summed E-state index contributed by atoms with van der Waals surface area (Å²) in [4.78, 5) is 49.4. The summed E-state index contributed by atoms with van der Waals surface area (Å²) >= 11 is 0. The summed E-state index contributed by atoms with van der Waals surface area (Å²) in [5, 5.41) is 7.90. The van der Waals surface area contributed by atoms with Gasteiger partial charge in [-0.2, -0.15) is 0 Å². The van der Waals surface area contributed by atoms with Crippen molar-refractivity contribution in [3.8, 4) is 0 Å². The van der Waals surface area contributed by atoms with Crippen molar-refractivity contribution in [2.24, 2.45) is 5.73 Å². The highest BCUT2D eigenvalue weighted by molar-refractivity contribution is 5.90. The number of primary amides is 1. The maximum Gasteiger partial charge on any atom is 0.408 e. The van der Waals surface area contributed by atoms with E-state index in [9.17, 15) is 19.2 Å². The zero-order valence-electron chi connectivity index (χ0n) is 22.2. The number of amides is 4. The first-order chi connectivity index (χ1) is 18.0. The fourth-order valence-corrected chi connectivity index (χ4v) is 3.50. The molecule has 4 amide bonds. The van der Waals surface area contributed by atoms with Crippen molar-refractivity contribution in [1.29, 1.82) is 0 Å². The van der Waals surface area contributed by atoms with Gasteiger partial charge in [0.2, 0.25) is 11.8 Å².